The first-order chi connectivity index (χ1) is 30.8. The molecule has 62 heavy (non-hydrogen) atoms. The van der Waals surface area contributed by atoms with Crippen molar-refractivity contribution in [2.75, 3.05) is 0 Å². The summed E-state index contributed by atoms with van der Waals surface area (Å²) in [6.07, 6.45) is 0. The molecule has 1 aliphatic carbocycles. The van der Waals surface area contributed by atoms with Gasteiger partial charge >= 0.3 is 0 Å². The Bertz CT molecular complexity index is 2940. The molecular weight excluding hydrogens is 749 g/mol. The van der Waals surface area contributed by atoms with E-state index in [1.54, 1.807) is 0 Å². The summed E-state index contributed by atoms with van der Waals surface area (Å²) >= 11 is 0. The minimum atomic E-state index is 0.851. The van der Waals surface area contributed by atoms with Crippen molar-refractivity contribution < 1.29 is 0 Å². The third kappa shape index (κ3) is 6.84. The highest BCUT2D eigenvalue weighted by atomic mass is 14.8. The average molecular weight is 789 g/mol. The summed E-state index contributed by atoms with van der Waals surface area (Å²) in [5, 5.41) is 2.33. The van der Waals surface area contributed by atoms with Gasteiger partial charge in [0.25, 0.3) is 0 Å². The maximum atomic E-state index is 5.92. The lowest BCUT2D eigenvalue weighted by atomic mass is 9.90. The summed E-state index contributed by atoms with van der Waals surface area (Å²) < 4.78 is 0. The van der Waals surface area contributed by atoms with Gasteiger partial charge in [-0.05, 0) is 74.2 Å². The van der Waals surface area contributed by atoms with Crippen LogP contribution in [-0.4, -0.2) is 11.4 Å². The lowest BCUT2D eigenvalue weighted by Crippen LogP contribution is -2.11. The minimum Gasteiger partial charge on any atom is -0.245 e. The smallest absolute Gasteiger partial charge is 0.0979 e. The van der Waals surface area contributed by atoms with E-state index in [0.717, 1.165) is 106 Å². The van der Waals surface area contributed by atoms with Crippen molar-refractivity contribution in [2.24, 2.45) is 9.98 Å². The van der Waals surface area contributed by atoms with Gasteiger partial charge in [-0.2, -0.15) is 0 Å². The van der Waals surface area contributed by atoms with Crippen LogP contribution >= 0.6 is 0 Å². The van der Waals surface area contributed by atoms with E-state index >= 15 is 0 Å². The molecule has 0 spiro atoms. The third-order valence-electron chi connectivity index (χ3n) is 11.9. The van der Waals surface area contributed by atoms with Gasteiger partial charge in [0.15, 0.2) is 0 Å². The van der Waals surface area contributed by atoms with Crippen LogP contribution in [0.15, 0.2) is 253 Å². The van der Waals surface area contributed by atoms with Crippen LogP contribution in [0.1, 0.15) is 11.1 Å². The van der Waals surface area contributed by atoms with E-state index in [1.165, 1.54) is 5.39 Å². The van der Waals surface area contributed by atoms with Crippen molar-refractivity contribution in [2.45, 2.75) is 0 Å². The van der Waals surface area contributed by atoms with Crippen LogP contribution in [0.25, 0.3) is 77.5 Å². The van der Waals surface area contributed by atoms with Gasteiger partial charge < -0.3 is 0 Å². The quantitative estimate of drug-likeness (QED) is 0.147. The van der Waals surface area contributed by atoms with E-state index in [2.05, 4.69) is 243 Å². The molecule has 0 aromatic heterocycles. The second-order valence-corrected chi connectivity index (χ2v) is 15.7. The van der Waals surface area contributed by atoms with E-state index in [1.807, 2.05) is 0 Å². The number of benzene rings is 10. The van der Waals surface area contributed by atoms with Crippen molar-refractivity contribution in [1.29, 1.82) is 0 Å². The summed E-state index contributed by atoms with van der Waals surface area (Å²) in [5.41, 5.74) is 18.9. The van der Waals surface area contributed by atoms with Gasteiger partial charge in [0.05, 0.1) is 22.8 Å². The molecular formula is C60H40N2. The highest BCUT2D eigenvalue weighted by Crippen LogP contribution is 2.47. The monoisotopic (exact) mass is 788 g/mol. The van der Waals surface area contributed by atoms with Gasteiger partial charge in [0.2, 0.25) is 0 Å². The molecule has 0 radical (unpaired) electrons. The fourth-order valence-corrected chi connectivity index (χ4v) is 8.90. The summed E-state index contributed by atoms with van der Waals surface area (Å²) in [4.78, 5) is 11.8. The van der Waals surface area contributed by atoms with Crippen molar-refractivity contribution in [3.8, 4) is 66.8 Å². The normalized spacial score (nSPS) is 13.2. The van der Waals surface area contributed by atoms with Crippen LogP contribution in [0.2, 0.25) is 0 Å². The van der Waals surface area contributed by atoms with E-state index < -0.39 is 0 Å². The van der Waals surface area contributed by atoms with Gasteiger partial charge in [-0.25, -0.2) is 9.98 Å². The Kier molecular flexibility index (Phi) is 9.57. The molecule has 0 aliphatic heterocycles. The molecule has 0 fully saturated rings. The van der Waals surface area contributed by atoms with E-state index in [-0.39, 0.29) is 0 Å². The zero-order valence-electron chi connectivity index (χ0n) is 34.0. The number of rotatable bonds is 8. The molecule has 290 valence electrons. The Hall–Kier alpha value is -8.20. The van der Waals surface area contributed by atoms with Gasteiger partial charge in [0, 0.05) is 38.8 Å². The topological polar surface area (TPSA) is 24.7 Å². The number of hydrogen-bond acceptors (Lipinski definition) is 2. The summed E-state index contributed by atoms with van der Waals surface area (Å²) in [6, 6.07) is 86.3. The molecule has 10 aromatic rings. The maximum absolute atomic E-state index is 5.92. The van der Waals surface area contributed by atoms with Gasteiger partial charge in [-0.15, -0.1) is 0 Å². The molecule has 0 N–H and O–H groups in total. The zero-order chi connectivity index (χ0) is 41.2. The summed E-state index contributed by atoms with van der Waals surface area (Å²) in [5.74, 6) is 0. The first kappa shape index (κ1) is 36.8. The van der Waals surface area contributed by atoms with Crippen LogP contribution < -0.4 is 0 Å². The predicted molar refractivity (Wildman–Crippen MR) is 262 cm³/mol. The Morgan fingerprint density at radius 2 is 0.484 bits per heavy atom. The lowest BCUT2D eigenvalue weighted by Gasteiger charge is -2.18. The second-order valence-electron chi connectivity index (χ2n) is 15.7. The SMILES string of the molecule is c1ccc(-c2cc(-c3ccccc3)c(N=C3C(=Nc4c(-c5ccccc5)cc(-c5ccccc5)cc4-c4ccccc4)c4cccc5cccc3c45)c(-c3ccccc3)c2)cc1. The Balaban J connectivity index is 1.25. The first-order valence-corrected chi connectivity index (χ1v) is 21.2. The Morgan fingerprint density at radius 3 is 0.774 bits per heavy atom. The van der Waals surface area contributed by atoms with Crippen LogP contribution in [0.4, 0.5) is 11.4 Å². The lowest BCUT2D eigenvalue weighted by molar-refractivity contribution is 1.47. The molecule has 1 aliphatic rings. The van der Waals surface area contributed by atoms with E-state index in [9.17, 15) is 0 Å². The highest BCUT2D eigenvalue weighted by Gasteiger charge is 2.30. The highest BCUT2D eigenvalue weighted by molar-refractivity contribution is 6.61. The molecule has 0 bridgehead atoms. The standard InChI is InChI=1S/C60H40N2/c1-7-21-41(22-8-1)48-37-52(43-25-11-3-12-26-43)57(53(38-48)44-27-13-4-14-28-44)61-59-50-35-19-33-47-34-20-36-51(56(47)50)60(59)62-58-54(45-29-15-5-16-30-45)39-49(42-23-9-2-10-24-42)40-55(58)46-31-17-6-18-32-46/h1-40H. The fraction of sp³-hybridized carbons (Fsp3) is 0. The minimum absolute atomic E-state index is 0.851. The van der Waals surface area contributed by atoms with Gasteiger partial charge in [0.1, 0.15) is 0 Å². The maximum Gasteiger partial charge on any atom is 0.0979 e. The van der Waals surface area contributed by atoms with Crippen molar-refractivity contribution in [1.82, 2.24) is 0 Å². The van der Waals surface area contributed by atoms with E-state index in [4.69, 9.17) is 9.98 Å². The summed E-state index contributed by atoms with van der Waals surface area (Å²) in [6.45, 7) is 0. The molecule has 11 rings (SSSR count). The second kappa shape index (κ2) is 16.1. The molecule has 0 atom stereocenters. The predicted octanol–water partition coefficient (Wildman–Crippen LogP) is 16.1. The number of aliphatic imine (C=N–C) groups is 2. The fourth-order valence-electron chi connectivity index (χ4n) is 8.90. The van der Waals surface area contributed by atoms with Crippen molar-refractivity contribution in [3.63, 3.8) is 0 Å². The largest absolute Gasteiger partial charge is 0.245 e. The van der Waals surface area contributed by atoms with Crippen molar-refractivity contribution in [3.05, 3.63) is 254 Å². The van der Waals surface area contributed by atoms with Crippen LogP contribution in [0, 0.1) is 0 Å². The Morgan fingerprint density at radius 1 is 0.210 bits per heavy atom. The third-order valence-corrected chi connectivity index (χ3v) is 11.9. The van der Waals surface area contributed by atoms with Crippen LogP contribution in [0.3, 0.4) is 0 Å². The first-order valence-electron chi connectivity index (χ1n) is 21.2. The average Bonchev–Trinajstić information content (AvgIpc) is 3.65. The van der Waals surface area contributed by atoms with Gasteiger partial charge in [-0.1, -0.05) is 218 Å². The molecule has 0 unspecified atom stereocenters. The van der Waals surface area contributed by atoms with Gasteiger partial charge in [-0.3, -0.25) is 0 Å². The number of hydrogen-bond donors (Lipinski definition) is 0. The number of nitrogens with zero attached hydrogens (tertiary/aromatic N) is 2. The molecule has 2 nitrogen and oxygen atoms in total. The Labute approximate surface area is 362 Å². The van der Waals surface area contributed by atoms with Crippen LogP contribution in [0.5, 0.6) is 0 Å². The molecule has 2 heteroatoms. The molecule has 0 heterocycles. The van der Waals surface area contributed by atoms with E-state index in [0.29, 0.717) is 0 Å². The molecule has 10 aromatic carbocycles. The van der Waals surface area contributed by atoms with Crippen LogP contribution in [-0.2, 0) is 0 Å². The zero-order valence-corrected chi connectivity index (χ0v) is 34.0. The molecule has 0 amide bonds. The van der Waals surface area contributed by atoms with Crippen molar-refractivity contribution >= 4 is 33.6 Å². The summed E-state index contributed by atoms with van der Waals surface area (Å²) in [7, 11) is 0. The molecule has 0 saturated carbocycles. The molecule has 0 saturated heterocycles.